The number of fused-ring (bicyclic) bond motifs is 1. The van der Waals surface area contributed by atoms with Crippen molar-refractivity contribution in [1.82, 2.24) is 10.6 Å². The van der Waals surface area contributed by atoms with Crippen LogP contribution in [0, 0.1) is 11.8 Å². The van der Waals surface area contributed by atoms with Gasteiger partial charge in [0, 0.05) is 11.6 Å². The number of benzene rings is 2. The molecule has 1 heterocycles. The van der Waals surface area contributed by atoms with E-state index in [4.69, 9.17) is 23.7 Å². The number of methoxy groups -OCH3 is 4. The van der Waals surface area contributed by atoms with Crippen molar-refractivity contribution in [2.75, 3.05) is 28.4 Å². The number of ether oxygens (including phenoxy) is 5. The van der Waals surface area contributed by atoms with E-state index in [1.165, 1.54) is 34.5 Å². The third-order valence-electron chi connectivity index (χ3n) is 7.25. The van der Waals surface area contributed by atoms with E-state index >= 15 is 0 Å². The fraction of sp³-hybridized carbons (Fsp3) is 0.438. The van der Waals surface area contributed by atoms with Gasteiger partial charge in [-0.15, -0.1) is 0 Å². The lowest BCUT2D eigenvalue weighted by atomic mass is 9.88. The molecule has 232 valence electrons. The third-order valence-corrected chi connectivity index (χ3v) is 7.25. The van der Waals surface area contributed by atoms with Gasteiger partial charge < -0.3 is 39.1 Å². The second kappa shape index (κ2) is 14.6. The van der Waals surface area contributed by atoms with Crippen LogP contribution < -0.4 is 29.6 Å². The minimum atomic E-state index is -0.880. The normalized spacial score (nSPS) is 17.1. The van der Waals surface area contributed by atoms with Crippen LogP contribution in [0.25, 0.3) is 6.08 Å². The summed E-state index contributed by atoms with van der Waals surface area (Å²) in [5.74, 6) is -0.968. The average molecular weight is 597 g/mol. The zero-order chi connectivity index (χ0) is 31.8. The van der Waals surface area contributed by atoms with Crippen molar-refractivity contribution in [3.05, 3.63) is 53.1 Å². The van der Waals surface area contributed by atoms with E-state index in [0.29, 0.717) is 46.0 Å². The van der Waals surface area contributed by atoms with Crippen LogP contribution in [0.1, 0.15) is 56.4 Å². The van der Waals surface area contributed by atoms with E-state index in [1.807, 2.05) is 13.8 Å². The van der Waals surface area contributed by atoms with Crippen molar-refractivity contribution < 1.29 is 42.9 Å². The molecule has 1 aliphatic heterocycles. The summed E-state index contributed by atoms with van der Waals surface area (Å²) in [5.41, 5.74) is 1.71. The maximum atomic E-state index is 13.8. The first kappa shape index (κ1) is 33.0. The van der Waals surface area contributed by atoms with Crippen LogP contribution in [0.15, 0.2) is 36.4 Å². The number of rotatable bonds is 13. The Morgan fingerprint density at radius 2 is 1.53 bits per heavy atom. The predicted molar refractivity (Wildman–Crippen MR) is 159 cm³/mol. The molecule has 2 aromatic rings. The summed E-state index contributed by atoms with van der Waals surface area (Å²) in [6.45, 7) is 7.27. The number of hydrogen-bond donors (Lipinski definition) is 2. The smallest absolute Gasteiger partial charge is 0.328 e. The fourth-order valence-electron chi connectivity index (χ4n) is 4.79. The van der Waals surface area contributed by atoms with Crippen LogP contribution in [-0.4, -0.2) is 64.6 Å². The molecule has 0 saturated carbocycles. The summed E-state index contributed by atoms with van der Waals surface area (Å²) in [7, 11) is 5.78. The Bertz CT molecular complexity index is 1370. The molecule has 1 aliphatic rings. The van der Waals surface area contributed by atoms with Crippen LogP contribution >= 0.6 is 0 Å². The van der Waals surface area contributed by atoms with Gasteiger partial charge in [0.2, 0.25) is 11.8 Å². The molecular formula is C32H40N2O9. The Hall–Kier alpha value is -4.54. The van der Waals surface area contributed by atoms with Crippen LogP contribution in [0.3, 0.4) is 0 Å². The first-order chi connectivity index (χ1) is 20.5. The lowest BCUT2D eigenvalue weighted by molar-refractivity contribution is -0.145. The molecule has 11 heteroatoms. The van der Waals surface area contributed by atoms with Gasteiger partial charge in [-0.3, -0.25) is 9.59 Å². The van der Waals surface area contributed by atoms with Gasteiger partial charge in [0.1, 0.15) is 24.3 Å². The van der Waals surface area contributed by atoms with E-state index < -0.39 is 41.9 Å². The maximum Gasteiger partial charge on any atom is 0.328 e. The first-order valence-electron chi connectivity index (χ1n) is 13.9. The Morgan fingerprint density at radius 1 is 0.860 bits per heavy atom. The van der Waals surface area contributed by atoms with E-state index in [0.717, 1.165) is 0 Å². The molecular weight excluding hydrogens is 556 g/mol. The molecule has 0 saturated heterocycles. The van der Waals surface area contributed by atoms with Gasteiger partial charge in [-0.2, -0.15) is 0 Å². The van der Waals surface area contributed by atoms with Crippen LogP contribution in [0.5, 0.6) is 23.0 Å². The number of amides is 2. The quantitative estimate of drug-likeness (QED) is 0.202. The molecule has 0 aliphatic carbocycles. The molecule has 11 nitrogen and oxygen atoms in total. The zero-order valence-corrected chi connectivity index (χ0v) is 25.8. The van der Waals surface area contributed by atoms with Crippen molar-refractivity contribution in [2.24, 2.45) is 11.8 Å². The first-order valence-corrected chi connectivity index (χ1v) is 13.9. The number of esters is 1. The highest BCUT2D eigenvalue weighted by Crippen LogP contribution is 2.52. The third kappa shape index (κ3) is 7.46. The van der Waals surface area contributed by atoms with Gasteiger partial charge in [0.05, 0.1) is 34.5 Å². The van der Waals surface area contributed by atoms with Gasteiger partial charge in [0.15, 0.2) is 23.0 Å². The summed E-state index contributed by atoms with van der Waals surface area (Å²) in [6, 6.07) is 7.13. The summed E-state index contributed by atoms with van der Waals surface area (Å²) < 4.78 is 27.6. The number of carbonyl (C=O) groups excluding carboxylic acids is 4. The molecule has 4 unspecified atom stereocenters. The van der Waals surface area contributed by atoms with Crippen molar-refractivity contribution in [1.29, 1.82) is 0 Å². The highest BCUT2D eigenvalue weighted by atomic mass is 16.5. The topological polar surface area (TPSA) is 138 Å². The molecule has 0 bridgehead atoms. The Morgan fingerprint density at radius 3 is 2.09 bits per heavy atom. The Kier molecular flexibility index (Phi) is 11.2. The minimum Gasteiger partial charge on any atom is -0.493 e. The van der Waals surface area contributed by atoms with Gasteiger partial charge >= 0.3 is 5.97 Å². The molecule has 2 amide bonds. The molecule has 0 aromatic heterocycles. The molecule has 3 rings (SSSR count). The predicted octanol–water partition coefficient (Wildman–Crippen LogP) is 3.60. The highest BCUT2D eigenvalue weighted by molar-refractivity contribution is 5.95. The number of aldehydes is 1. The van der Waals surface area contributed by atoms with Crippen molar-refractivity contribution in [2.45, 2.75) is 51.8 Å². The molecule has 2 N–H and O–H groups in total. The second-order valence-electron chi connectivity index (χ2n) is 10.8. The van der Waals surface area contributed by atoms with E-state index in [2.05, 4.69) is 10.6 Å². The number of carbonyl (C=O) groups is 4. The Labute approximate surface area is 251 Å². The highest BCUT2D eigenvalue weighted by Gasteiger charge is 2.43. The summed E-state index contributed by atoms with van der Waals surface area (Å²) >= 11 is 0. The molecule has 0 spiro atoms. The molecule has 43 heavy (non-hydrogen) atoms. The second-order valence-corrected chi connectivity index (χ2v) is 10.8. The monoisotopic (exact) mass is 596 g/mol. The Balaban J connectivity index is 2.06. The molecule has 0 radical (unpaired) electrons. The summed E-state index contributed by atoms with van der Waals surface area (Å²) in [5, 5.41) is 5.50. The van der Waals surface area contributed by atoms with Gasteiger partial charge in [-0.25, -0.2) is 4.79 Å². The van der Waals surface area contributed by atoms with Crippen LogP contribution in [0.2, 0.25) is 0 Å². The molecule has 4 atom stereocenters. The zero-order valence-electron chi connectivity index (χ0n) is 25.8. The fourth-order valence-corrected chi connectivity index (χ4v) is 4.79. The average Bonchev–Trinajstić information content (AvgIpc) is 3.39. The molecule has 0 fully saturated rings. The van der Waals surface area contributed by atoms with E-state index in [1.54, 1.807) is 50.3 Å². The molecule has 2 aromatic carbocycles. The number of hydrogen-bond acceptors (Lipinski definition) is 9. The van der Waals surface area contributed by atoms with E-state index in [9.17, 15) is 19.2 Å². The van der Waals surface area contributed by atoms with Crippen molar-refractivity contribution >= 4 is 30.1 Å². The standard InChI is InChI=1S/C32H40N2O9/c1-17(2)22(16-35)33-31(37)27-21-13-19(9-12-26(36)34-28(18(3)4)32(38)42-8)14-25(41-7)30(21)43-29(27)20-10-11-23(39-5)24(15-20)40-6/h9-18,22,27-29H,1-8H3,(H,33,37)(H,34,36)/b12-9+. The largest absolute Gasteiger partial charge is 0.493 e. The van der Waals surface area contributed by atoms with E-state index in [-0.39, 0.29) is 11.8 Å². The van der Waals surface area contributed by atoms with Crippen LogP contribution in [-0.2, 0) is 23.9 Å². The number of nitrogens with one attached hydrogen (secondary N) is 2. The van der Waals surface area contributed by atoms with Crippen molar-refractivity contribution in [3.63, 3.8) is 0 Å². The summed E-state index contributed by atoms with van der Waals surface area (Å²) in [6.07, 6.45) is 2.75. The maximum absolute atomic E-state index is 13.8. The van der Waals surface area contributed by atoms with Crippen LogP contribution in [0.4, 0.5) is 0 Å². The lowest BCUT2D eigenvalue weighted by Gasteiger charge is -2.23. The van der Waals surface area contributed by atoms with Gasteiger partial charge in [-0.05, 0) is 53.3 Å². The van der Waals surface area contributed by atoms with Crippen molar-refractivity contribution in [3.8, 4) is 23.0 Å². The minimum absolute atomic E-state index is 0.134. The summed E-state index contributed by atoms with van der Waals surface area (Å²) in [4.78, 5) is 50.4. The van der Waals surface area contributed by atoms with Gasteiger partial charge in [-0.1, -0.05) is 33.8 Å². The van der Waals surface area contributed by atoms with Gasteiger partial charge in [0.25, 0.3) is 0 Å². The lowest BCUT2D eigenvalue weighted by Crippen LogP contribution is -2.44. The SMILES string of the molecule is COC(=O)C(NC(=O)/C=C/c1cc(OC)c2c(c1)C(C(=O)NC(C=O)C(C)C)C(c1ccc(OC)c(OC)c1)O2)C(C)C.